The van der Waals surface area contributed by atoms with Gasteiger partial charge in [0.1, 0.15) is 0 Å². The van der Waals surface area contributed by atoms with Crippen molar-refractivity contribution in [3.05, 3.63) is 42.5 Å². The minimum Gasteiger partial charge on any atom is -0.105 e. The molecular weight excluding hydrogens is 344 g/mol. The normalized spacial score (nSPS) is 11.9. The number of halogens is 2. The molecule has 0 radical (unpaired) electrons. The van der Waals surface area contributed by atoms with Gasteiger partial charge in [-0.3, -0.25) is 0 Å². The van der Waals surface area contributed by atoms with Gasteiger partial charge in [-0.2, -0.15) is 0 Å². The molecule has 16 heavy (non-hydrogen) atoms. The second-order valence-electron chi connectivity index (χ2n) is 3.98. The largest absolute Gasteiger partial charge is 0.231 e. The molecule has 0 aliphatic rings. The number of hydrogen-bond acceptors (Lipinski definition) is 0. The van der Waals surface area contributed by atoms with Gasteiger partial charge >= 0.3 is 0 Å². The summed E-state index contributed by atoms with van der Waals surface area (Å²) in [5.74, 6) is 0. The maximum absolute atomic E-state index is 3.93. The van der Waals surface area contributed by atoms with Gasteiger partial charge in [-0.15, -0.1) is 30.6 Å². The molecule has 0 aromatic heterocycles. The van der Waals surface area contributed by atoms with Crippen molar-refractivity contribution in [3.63, 3.8) is 0 Å². The van der Waals surface area contributed by atoms with Crippen LogP contribution >= 0.6 is 30.6 Å². The Morgan fingerprint density at radius 3 is 2.44 bits per heavy atom. The Labute approximate surface area is 113 Å². The summed E-state index contributed by atoms with van der Waals surface area (Å²) in [7, 11) is 0. The molecule has 0 fully saturated rings. The van der Waals surface area contributed by atoms with Gasteiger partial charge in [0.05, 0.1) is 0 Å². The van der Waals surface area contributed by atoms with Crippen LogP contribution in [0.2, 0.25) is 6.04 Å². The molecule has 2 aromatic carbocycles. The number of benzene rings is 2. The van der Waals surface area contributed by atoms with Crippen LogP contribution in [0.4, 0.5) is 0 Å². The molecule has 0 spiro atoms. The lowest BCUT2D eigenvalue weighted by Gasteiger charge is -2.19. The smallest absolute Gasteiger partial charge is 0.105 e. The van der Waals surface area contributed by atoms with Crippen molar-refractivity contribution in [2.24, 2.45) is 0 Å². The van der Waals surface area contributed by atoms with Gasteiger partial charge in [0.25, 0.3) is 0 Å². The molecule has 0 aliphatic heterocycles. The predicted molar refractivity (Wildman–Crippen MR) is 82.3 cm³/mol. The first-order valence-corrected chi connectivity index (χ1v) is 12.2. The topological polar surface area (TPSA) is 0 Å². The Morgan fingerprint density at radius 1 is 1.00 bits per heavy atom. The van der Waals surface area contributed by atoms with Crippen LogP contribution < -0.4 is 5.19 Å². The van der Waals surface area contributed by atoms with Crippen LogP contribution in [0, 0.1) is 0 Å². The zero-order valence-corrected chi connectivity index (χ0v) is 13.4. The Balaban J connectivity index is 2.60. The molecule has 0 unspecified atom stereocenters. The molecule has 0 bridgehead atoms. The van der Waals surface area contributed by atoms with Crippen LogP contribution in [0.5, 0.6) is 0 Å². The third kappa shape index (κ3) is 2.41. The monoisotopic (exact) mass is 356 g/mol. The number of rotatable bonds is 3. The molecule has 2 rings (SSSR count). The molecule has 0 nitrogen and oxygen atoms in total. The van der Waals surface area contributed by atoms with E-state index < -0.39 is 5.31 Å². The molecular formula is C13H14Br2Si. The maximum atomic E-state index is 3.93. The molecule has 0 heterocycles. The van der Waals surface area contributed by atoms with Crippen LogP contribution in [0.15, 0.2) is 42.5 Å². The first-order chi connectivity index (χ1) is 7.65. The second-order valence-corrected chi connectivity index (χ2v) is 17.7. The minimum atomic E-state index is -1.62. The predicted octanol–water partition coefficient (Wildman–Crippen LogP) is 4.69. The van der Waals surface area contributed by atoms with Crippen LogP contribution in [-0.2, 0) is 0 Å². The molecule has 3 heteroatoms. The Morgan fingerprint density at radius 2 is 1.69 bits per heavy atom. The summed E-state index contributed by atoms with van der Waals surface area (Å²) in [5.41, 5.74) is 0. The van der Waals surface area contributed by atoms with Crippen LogP contribution in [-0.4, -0.2) is 5.31 Å². The Kier molecular flexibility index (Phi) is 3.87. The summed E-state index contributed by atoms with van der Waals surface area (Å²) in [5, 5.41) is 2.53. The average Bonchev–Trinajstić information content (AvgIpc) is 2.28. The lowest BCUT2D eigenvalue weighted by molar-refractivity contribution is 1.07. The van der Waals surface area contributed by atoms with Gasteiger partial charge in [-0.05, 0) is 22.0 Å². The van der Waals surface area contributed by atoms with Crippen LogP contribution in [0.25, 0.3) is 10.8 Å². The average molecular weight is 358 g/mol. The summed E-state index contributed by atoms with van der Waals surface area (Å²) in [6.45, 7) is 2.23. The minimum absolute atomic E-state index is 1.20. The van der Waals surface area contributed by atoms with E-state index in [0.717, 1.165) is 0 Å². The van der Waals surface area contributed by atoms with Crippen molar-refractivity contribution in [2.45, 2.75) is 19.4 Å². The molecule has 0 atom stereocenters. The fraction of sp³-hybridized carbons (Fsp3) is 0.231. The van der Waals surface area contributed by atoms with Gasteiger partial charge in [0, 0.05) is 0 Å². The van der Waals surface area contributed by atoms with E-state index >= 15 is 0 Å². The summed E-state index contributed by atoms with van der Waals surface area (Å²) in [6.07, 6.45) is 1.20. The fourth-order valence-corrected chi connectivity index (χ4v) is 8.31. The SMILES string of the molecule is CCC[Si](Br)(Br)c1cccc2ccccc12. The zero-order valence-electron chi connectivity index (χ0n) is 9.21. The van der Waals surface area contributed by atoms with Crippen molar-refractivity contribution in [3.8, 4) is 0 Å². The summed E-state index contributed by atoms with van der Waals surface area (Å²) in [4.78, 5) is 0. The standard InChI is InChI=1S/C13H14Br2Si/c1-2-10-16(14,15)13-9-5-7-11-6-3-4-8-12(11)13/h3-9H,2,10H2,1H3. The molecule has 84 valence electrons. The molecule has 0 aliphatic carbocycles. The Hall–Kier alpha value is -0.123. The quantitative estimate of drug-likeness (QED) is 0.552. The lowest BCUT2D eigenvalue weighted by atomic mass is 10.1. The highest BCUT2D eigenvalue weighted by Crippen LogP contribution is 2.29. The van der Waals surface area contributed by atoms with Crippen molar-refractivity contribution >= 4 is 51.9 Å². The third-order valence-corrected chi connectivity index (χ3v) is 10.0. The first-order valence-electron chi connectivity index (χ1n) is 5.51. The van der Waals surface area contributed by atoms with E-state index in [1.807, 2.05) is 0 Å². The third-order valence-electron chi connectivity index (χ3n) is 2.75. The van der Waals surface area contributed by atoms with Crippen LogP contribution in [0.3, 0.4) is 0 Å². The fourth-order valence-electron chi connectivity index (χ4n) is 1.99. The molecule has 2 aromatic rings. The number of hydrogen-bond donors (Lipinski definition) is 0. The number of fused-ring (bicyclic) bond motifs is 1. The summed E-state index contributed by atoms with van der Waals surface area (Å²) >= 11 is 7.85. The van der Waals surface area contributed by atoms with Crippen LogP contribution in [0.1, 0.15) is 13.3 Å². The zero-order chi connectivity index (χ0) is 11.6. The first kappa shape index (κ1) is 12.3. The van der Waals surface area contributed by atoms with Crippen molar-refractivity contribution in [1.29, 1.82) is 0 Å². The molecule has 0 amide bonds. The molecule has 0 N–H and O–H groups in total. The van der Waals surface area contributed by atoms with E-state index in [1.165, 1.54) is 28.4 Å². The highest BCUT2D eigenvalue weighted by molar-refractivity contribution is 9.51. The molecule has 0 saturated carbocycles. The van der Waals surface area contributed by atoms with Gasteiger partial charge in [0.2, 0.25) is 5.31 Å². The van der Waals surface area contributed by atoms with E-state index in [-0.39, 0.29) is 0 Å². The van der Waals surface area contributed by atoms with Gasteiger partial charge in [-0.25, -0.2) is 0 Å². The lowest BCUT2D eigenvalue weighted by Crippen LogP contribution is -2.35. The van der Waals surface area contributed by atoms with Gasteiger partial charge in [-0.1, -0.05) is 55.8 Å². The van der Waals surface area contributed by atoms with E-state index in [4.69, 9.17) is 0 Å². The summed E-state index contributed by atoms with van der Waals surface area (Å²) in [6, 6.07) is 16.4. The van der Waals surface area contributed by atoms with E-state index in [9.17, 15) is 0 Å². The van der Waals surface area contributed by atoms with E-state index in [0.29, 0.717) is 0 Å². The van der Waals surface area contributed by atoms with Gasteiger partial charge < -0.3 is 0 Å². The Bertz CT molecular complexity index is 489. The highest BCUT2D eigenvalue weighted by atomic mass is 79.9. The summed E-state index contributed by atoms with van der Waals surface area (Å²) < 4.78 is 0. The van der Waals surface area contributed by atoms with Crippen molar-refractivity contribution in [1.82, 2.24) is 0 Å². The van der Waals surface area contributed by atoms with Crippen molar-refractivity contribution < 1.29 is 0 Å². The van der Waals surface area contributed by atoms with E-state index in [1.54, 1.807) is 0 Å². The van der Waals surface area contributed by atoms with E-state index in [2.05, 4.69) is 80.0 Å². The second kappa shape index (κ2) is 5.03. The van der Waals surface area contributed by atoms with Gasteiger partial charge in [0.15, 0.2) is 0 Å². The van der Waals surface area contributed by atoms with Crippen molar-refractivity contribution in [2.75, 3.05) is 0 Å². The molecule has 0 saturated heterocycles. The highest BCUT2D eigenvalue weighted by Gasteiger charge is 2.29. The maximum Gasteiger partial charge on any atom is 0.231 e.